The Hall–Kier alpha value is -0.900. The van der Waals surface area contributed by atoms with E-state index in [-0.39, 0.29) is 0 Å². The van der Waals surface area contributed by atoms with Crippen LogP contribution in [0.4, 0.5) is 0 Å². The van der Waals surface area contributed by atoms with Gasteiger partial charge in [0.1, 0.15) is 11.6 Å². The highest BCUT2D eigenvalue weighted by atomic mass is 15.3. The maximum absolute atomic E-state index is 4.51. The third kappa shape index (κ3) is 2.30. The van der Waals surface area contributed by atoms with Gasteiger partial charge in [-0.1, -0.05) is 19.3 Å². The summed E-state index contributed by atoms with van der Waals surface area (Å²) in [6, 6.07) is 0. The molecule has 1 saturated carbocycles. The topological polar surface area (TPSA) is 42.7 Å². The van der Waals surface area contributed by atoms with Crippen molar-refractivity contribution in [2.45, 2.75) is 56.8 Å². The highest BCUT2D eigenvalue weighted by Gasteiger charge is 2.25. The Morgan fingerprint density at radius 2 is 1.44 bits per heavy atom. The van der Waals surface area contributed by atoms with Gasteiger partial charge in [0.15, 0.2) is 0 Å². The zero-order valence-electron chi connectivity index (χ0n) is 11.4. The van der Waals surface area contributed by atoms with Crippen LogP contribution in [0.15, 0.2) is 0 Å². The zero-order valence-corrected chi connectivity index (χ0v) is 11.4. The quantitative estimate of drug-likeness (QED) is 0.873. The van der Waals surface area contributed by atoms with Crippen LogP contribution in [-0.2, 0) is 7.05 Å². The fraction of sp³-hybridized carbons (Fsp3) is 0.857. The Bertz CT molecular complexity index is 351. The van der Waals surface area contributed by atoms with Crippen LogP contribution < -0.4 is 5.32 Å². The molecule has 4 heteroatoms. The summed E-state index contributed by atoms with van der Waals surface area (Å²) in [6.07, 6.45) is 9.14. The maximum atomic E-state index is 4.51. The summed E-state index contributed by atoms with van der Waals surface area (Å²) in [7, 11) is 2.17. The molecule has 1 N–H and O–H groups in total. The molecule has 1 aliphatic heterocycles. The van der Waals surface area contributed by atoms with Gasteiger partial charge >= 0.3 is 0 Å². The molecule has 1 aromatic rings. The van der Waals surface area contributed by atoms with E-state index in [1.165, 1.54) is 56.6 Å². The maximum Gasteiger partial charge on any atom is 0.135 e. The molecule has 0 spiro atoms. The highest BCUT2D eigenvalue weighted by molar-refractivity contribution is 5.07. The van der Waals surface area contributed by atoms with E-state index in [0.717, 1.165) is 13.1 Å². The summed E-state index contributed by atoms with van der Waals surface area (Å²) in [5.74, 6) is 3.73. The van der Waals surface area contributed by atoms with Gasteiger partial charge in [-0.25, -0.2) is 0 Å². The van der Waals surface area contributed by atoms with E-state index < -0.39 is 0 Å². The van der Waals surface area contributed by atoms with E-state index in [1.807, 2.05) is 0 Å². The molecule has 1 aromatic heterocycles. The Morgan fingerprint density at radius 3 is 2.06 bits per heavy atom. The third-order valence-corrected chi connectivity index (χ3v) is 4.62. The fourth-order valence-corrected chi connectivity index (χ4v) is 3.51. The van der Waals surface area contributed by atoms with Gasteiger partial charge in [-0.15, -0.1) is 10.2 Å². The summed E-state index contributed by atoms with van der Waals surface area (Å²) < 4.78 is 2.30. The largest absolute Gasteiger partial charge is 0.318 e. The van der Waals surface area contributed by atoms with E-state index >= 15 is 0 Å². The summed E-state index contributed by atoms with van der Waals surface area (Å²) in [5.41, 5.74) is 0. The number of hydrogen-bond donors (Lipinski definition) is 1. The first-order valence-electron chi connectivity index (χ1n) is 7.46. The molecule has 2 heterocycles. The second-order valence-electron chi connectivity index (χ2n) is 5.83. The van der Waals surface area contributed by atoms with Gasteiger partial charge in [-0.2, -0.15) is 0 Å². The Labute approximate surface area is 109 Å². The molecular formula is C14H24N4. The van der Waals surface area contributed by atoms with E-state index in [0.29, 0.717) is 11.8 Å². The van der Waals surface area contributed by atoms with Crippen molar-refractivity contribution in [3.63, 3.8) is 0 Å². The minimum atomic E-state index is 0.612. The van der Waals surface area contributed by atoms with E-state index in [4.69, 9.17) is 0 Å². The summed E-state index contributed by atoms with van der Waals surface area (Å²) in [6.45, 7) is 2.24. The van der Waals surface area contributed by atoms with Gasteiger partial charge in [0.25, 0.3) is 0 Å². The van der Waals surface area contributed by atoms with E-state index in [1.54, 1.807) is 0 Å². The first kappa shape index (κ1) is 12.2. The molecule has 4 nitrogen and oxygen atoms in total. The standard InChI is InChI=1S/C14H24N4/c1-18-13(11-5-3-2-4-6-11)16-17-14(18)12-7-9-15-10-8-12/h11-12,15H,2-10H2,1H3. The smallest absolute Gasteiger partial charge is 0.135 e. The average molecular weight is 248 g/mol. The van der Waals surface area contributed by atoms with Crippen molar-refractivity contribution in [3.8, 4) is 0 Å². The molecule has 2 fully saturated rings. The first-order valence-corrected chi connectivity index (χ1v) is 7.46. The molecule has 0 unspecified atom stereocenters. The fourth-order valence-electron chi connectivity index (χ4n) is 3.51. The number of aromatic nitrogens is 3. The molecule has 1 aliphatic carbocycles. The first-order chi connectivity index (χ1) is 8.86. The lowest BCUT2D eigenvalue weighted by Crippen LogP contribution is -2.28. The van der Waals surface area contributed by atoms with Crippen LogP contribution in [-0.4, -0.2) is 27.9 Å². The third-order valence-electron chi connectivity index (χ3n) is 4.62. The predicted molar refractivity (Wildman–Crippen MR) is 71.7 cm³/mol. The SMILES string of the molecule is Cn1c(C2CCCCC2)nnc1C1CCNCC1. The molecule has 0 atom stereocenters. The van der Waals surface area contributed by atoms with Gasteiger partial charge in [0.05, 0.1) is 0 Å². The van der Waals surface area contributed by atoms with Crippen LogP contribution in [0.25, 0.3) is 0 Å². The molecule has 0 radical (unpaired) electrons. The molecule has 0 bridgehead atoms. The number of rotatable bonds is 2. The van der Waals surface area contributed by atoms with Crippen LogP contribution >= 0.6 is 0 Å². The predicted octanol–water partition coefficient (Wildman–Crippen LogP) is 2.33. The monoisotopic (exact) mass is 248 g/mol. The van der Waals surface area contributed by atoms with Crippen molar-refractivity contribution in [2.24, 2.45) is 7.05 Å². The minimum Gasteiger partial charge on any atom is -0.318 e. The molecule has 2 aliphatic rings. The van der Waals surface area contributed by atoms with Crippen molar-refractivity contribution < 1.29 is 0 Å². The summed E-state index contributed by atoms with van der Waals surface area (Å²) in [5, 5.41) is 12.4. The molecule has 100 valence electrons. The number of hydrogen-bond acceptors (Lipinski definition) is 3. The Morgan fingerprint density at radius 1 is 0.889 bits per heavy atom. The van der Waals surface area contributed by atoms with Crippen LogP contribution in [0.5, 0.6) is 0 Å². The lowest BCUT2D eigenvalue weighted by Gasteiger charge is -2.23. The van der Waals surface area contributed by atoms with Gasteiger partial charge < -0.3 is 9.88 Å². The molecule has 0 aromatic carbocycles. The average Bonchev–Trinajstić information content (AvgIpc) is 2.83. The second-order valence-corrected chi connectivity index (χ2v) is 5.83. The van der Waals surface area contributed by atoms with Gasteiger partial charge in [-0.05, 0) is 38.8 Å². The molecular weight excluding hydrogens is 224 g/mol. The van der Waals surface area contributed by atoms with Gasteiger partial charge in [0, 0.05) is 18.9 Å². The van der Waals surface area contributed by atoms with Crippen LogP contribution in [0.1, 0.15) is 68.4 Å². The van der Waals surface area contributed by atoms with Crippen LogP contribution in [0.3, 0.4) is 0 Å². The van der Waals surface area contributed by atoms with Gasteiger partial charge in [0.2, 0.25) is 0 Å². The van der Waals surface area contributed by atoms with E-state index in [2.05, 4.69) is 27.1 Å². The normalized spacial score (nSPS) is 23.4. The molecule has 18 heavy (non-hydrogen) atoms. The van der Waals surface area contributed by atoms with Crippen LogP contribution in [0.2, 0.25) is 0 Å². The van der Waals surface area contributed by atoms with E-state index in [9.17, 15) is 0 Å². The van der Waals surface area contributed by atoms with Crippen molar-refractivity contribution in [2.75, 3.05) is 13.1 Å². The van der Waals surface area contributed by atoms with Crippen molar-refractivity contribution in [3.05, 3.63) is 11.6 Å². The van der Waals surface area contributed by atoms with Crippen molar-refractivity contribution >= 4 is 0 Å². The van der Waals surface area contributed by atoms with Crippen molar-refractivity contribution in [1.29, 1.82) is 0 Å². The second kappa shape index (κ2) is 5.39. The molecule has 1 saturated heterocycles. The lowest BCUT2D eigenvalue weighted by molar-refractivity contribution is 0.411. The van der Waals surface area contributed by atoms with Gasteiger partial charge in [-0.3, -0.25) is 0 Å². The Kier molecular flexibility index (Phi) is 3.64. The number of piperidine rings is 1. The van der Waals surface area contributed by atoms with Crippen LogP contribution in [0, 0.1) is 0 Å². The highest BCUT2D eigenvalue weighted by Crippen LogP contribution is 2.33. The summed E-state index contributed by atoms with van der Waals surface area (Å²) >= 11 is 0. The number of nitrogens with zero attached hydrogens (tertiary/aromatic N) is 3. The summed E-state index contributed by atoms with van der Waals surface area (Å²) in [4.78, 5) is 0. The Balaban J connectivity index is 1.78. The molecule has 0 amide bonds. The minimum absolute atomic E-state index is 0.612. The zero-order chi connectivity index (χ0) is 12.4. The molecule has 3 rings (SSSR count). The lowest BCUT2D eigenvalue weighted by atomic mass is 9.88. The number of nitrogens with one attached hydrogen (secondary N) is 1. The van der Waals surface area contributed by atoms with Crippen molar-refractivity contribution in [1.82, 2.24) is 20.1 Å².